The average Bonchev–Trinajstić information content (AvgIpc) is 3.17. The number of benzene rings is 1. The third kappa shape index (κ3) is 6.80. The second-order valence-electron chi connectivity index (χ2n) is 9.51. The summed E-state index contributed by atoms with van der Waals surface area (Å²) in [5, 5.41) is 0. The molecule has 5 nitrogen and oxygen atoms in total. The van der Waals surface area contributed by atoms with Gasteiger partial charge in [0, 0.05) is 33.2 Å². The van der Waals surface area contributed by atoms with Crippen LogP contribution < -0.4 is 0 Å². The maximum atomic E-state index is 13.2. The minimum absolute atomic E-state index is 0.0155. The second kappa shape index (κ2) is 12.2. The quantitative estimate of drug-likeness (QED) is 0.427. The van der Waals surface area contributed by atoms with E-state index in [-0.39, 0.29) is 23.6 Å². The monoisotopic (exact) mass is 430 g/mol. The first-order valence-corrected chi connectivity index (χ1v) is 11.9. The summed E-state index contributed by atoms with van der Waals surface area (Å²) in [5.41, 5.74) is 1.07. The molecular weight excluding hydrogens is 388 g/mol. The summed E-state index contributed by atoms with van der Waals surface area (Å²) in [7, 11) is 3.59. The lowest BCUT2D eigenvalue weighted by molar-refractivity contribution is -0.141. The van der Waals surface area contributed by atoms with Crippen LogP contribution in [-0.4, -0.2) is 60.5 Å². The number of ether oxygens (including phenoxy) is 1. The maximum Gasteiger partial charge on any atom is 0.223 e. The fourth-order valence-corrected chi connectivity index (χ4v) is 5.20. The van der Waals surface area contributed by atoms with Crippen LogP contribution in [0.4, 0.5) is 0 Å². The molecule has 4 atom stereocenters. The molecule has 174 valence electrons. The molecule has 0 radical (unpaired) electrons. The highest BCUT2D eigenvalue weighted by Crippen LogP contribution is 2.37. The molecular formula is C26H42N2O3. The van der Waals surface area contributed by atoms with Crippen LogP contribution in [0.25, 0.3) is 0 Å². The van der Waals surface area contributed by atoms with Gasteiger partial charge in [-0.15, -0.1) is 0 Å². The van der Waals surface area contributed by atoms with E-state index in [0.717, 1.165) is 57.9 Å². The number of carbonyl (C=O) groups excluding carboxylic acids is 2. The van der Waals surface area contributed by atoms with Crippen molar-refractivity contribution in [2.24, 2.45) is 5.92 Å². The van der Waals surface area contributed by atoms with Crippen molar-refractivity contribution in [3.63, 3.8) is 0 Å². The smallest absolute Gasteiger partial charge is 0.223 e. The highest BCUT2D eigenvalue weighted by molar-refractivity contribution is 5.77. The van der Waals surface area contributed by atoms with Crippen molar-refractivity contribution >= 4 is 12.3 Å². The van der Waals surface area contributed by atoms with Crippen molar-refractivity contribution < 1.29 is 14.3 Å². The van der Waals surface area contributed by atoms with Crippen LogP contribution >= 0.6 is 0 Å². The molecule has 1 aliphatic rings. The van der Waals surface area contributed by atoms with Gasteiger partial charge in [-0.3, -0.25) is 9.59 Å². The predicted molar refractivity (Wildman–Crippen MR) is 126 cm³/mol. The van der Waals surface area contributed by atoms with Gasteiger partial charge in [-0.25, -0.2) is 0 Å². The summed E-state index contributed by atoms with van der Waals surface area (Å²) in [6.45, 7) is 7.38. The lowest BCUT2D eigenvalue weighted by atomic mass is 9.83. The highest BCUT2D eigenvalue weighted by atomic mass is 16.5. The molecule has 5 heteroatoms. The van der Waals surface area contributed by atoms with Crippen molar-refractivity contribution in [3.05, 3.63) is 35.9 Å². The van der Waals surface area contributed by atoms with E-state index in [2.05, 4.69) is 49.9 Å². The van der Waals surface area contributed by atoms with Crippen LogP contribution in [0.2, 0.25) is 0 Å². The Kier molecular flexibility index (Phi) is 10.0. The number of methoxy groups -OCH3 is 1. The number of carbonyl (C=O) groups is 2. The first kappa shape index (κ1) is 25.4. The fraction of sp³-hybridized carbons (Fsp3) is 0.692. The minimum Gasteiger partial charge on any atom is -0.379 e. The van der Waals surface area contributed by atoms with Gasteiger partial charge < -0.3 is 14.5 Å². The van der Waals surface area contributed by atoms with Crippen LogP contribution in [0, 0.1) is 5.92 Å². The molecule has 0 N–H and O–H groups in total. The Balaban J connectivity index is 2.01. The van der Waals surface area contributed by atoms with Crippen molar-refractivity contribution in [2.45, 2.75) is 89.8 Å². The molecule has 0 aliphatic carbocycles. The summed E-state index contributed by atoms with van der Waals surface area (Å²) < 4.78 is 6.00. The van der Waals surface area contributed by atoms with Gasteiger partial charge in [-0.05, 0) is 56.9 Å². The summed E-state index contributed by atoms with van der Waals surface area (Å²) >= 11 is 0. The van der Waals surface area contributed by atoms with E-state index >= 15 is 0 Å². The SMILES string of the molecule is CCC[C@@H](CCC(=O)N1CCC[C@@]1(C)C(C[C@H](C)Cc1ccccc1)OC)N(C)C=O. The molecule has 0 saturated carbocycles. The molecule has 1 saturated heterocycles. The van der Waals surface area contributed by atoms with Gasteiger partial charge in [-0.1, -0.05) is 50.6 Å². The van der Waals surface area contributed by atoms with Crippen molar-refractivity contribution in [1.82, 2.24) is 9.80 Å². The third-order valence-corrected chi connectivity index (χ3v) is 7.06. The average molecular weight is 431 g/mol. The highest BCUT2D eigenvalue weighted by Gasteiger charge is 2.46. The first-order valence-electron chi connectivity index (χ1n) is 11.9. The van der Waals surface area contributed by atoms with Crippen LogP contribution in [-0.2, 0) is 20.7 Å². The molecule has 1 aromatic carbocycles. The molecule has 1 aliphatic heterocycles. The van der Waals surface area contributed by atoms with E-state index in [1.165, 1.54) is 5.56 Å². The molecule has 2 amide bonds. The zero-order valence-electron chi connectivity index (χ0n) is 20.2. The van der Waals surface area contributed by atoms with Gasteiger partial charge in [0.15, 0.2) is 0 Å². The van der Waals surface area contributed by atoms with E-state index in [9.17, 15) is 9.59 Å². The van der Waals surface area contributed by atoms with Crippen molar-refractivity contribution in [1.29, 1.82) is 0 Å². The lowest BCUT2D eigenvalue weighted by Crippen LogP contribution is -2.54. The lowest BCUT2D eigenvalue weighted by Gasteiger charge is -2.42. The number of rotatable bonds is 13. The molecule has 1 aromatic rings. The Hall–Kier alpha value is -1.88. The third-order valence-electron chi connectivity index (χ3n) is 7.06. The molecule has 1 unspecified atom stereocenters. The van der Waals surface area contributed by atoms with Gasteiger partial charge >= 0.3 is 0 Å². The molecule has 31 heavy (non-hydrogen) atoms. The number of likely N-dealkylation sites (tertiary alicyclic amines) is 1. The number of nitrogens with zero attached hydrogens (tertiary/aromatic N) is 2. The second-order valence-corrected chi connectivity index (χ2v) is 9.51. The fourth-order valence-electron chi connectivity index (χ4n) is 5.20. The molecule has 0 aromatic heterocycles. The van der Waals surface area contributed by atoms with Gasteiger partial charge in [0.25, 0.3) is 0 Å². The van der Waals surface area contributed by atoms with Gasteiger partial charge in [0.2, 0.25) is 12.3 Å². The van der Waals surface area contributed by atoms with Crippen LogP contribution in [0.15, 0.2) is 30.3 Å². The van der Waals surface area contributed by atoms with E-state index < -0.39 is 0 Å². The van der Waals surface area contributed by atoms with E-state index in [1.807, 2.05) is 13.1 Å². The first-order chi connectivity index (χ1) is 14.8. The van der Waals surface area contributed by atoms with E-state index in [0.29, 0.717) is 12.3 Å². The maximum absolute atomic E-state index is 13.2. The zero-order chi connectivity index (χ0) is 22.9. The van der Waals surface area contributed by atoms with Crippen molar-refractivity contribution in [3.8, 4) is 0 Å². The van der Waals surface area contributed by atoms with Crippen LogP contribution in [0.5, 0.6) is 0 Å². The molecule has 2 rings (SSSR count). The van der Waals surface area contributed by atoms with Crippen LogP contribution in [0.1, 0.15) is 71.3 Å². The summed E-state index contributed by atoms with van der Waals surface area (Å²) in [6, 6.07) is 10.7. The molecule has 1 fully saturated rings. The Morgan fingerprint density at radius 3 is 2.61 bits per heavy atom. The summed E-state index contributed by atoms with van der Waals surface area (Å²) in [6.07, 6.45) is 7.96. The zero-order valence-corrected chi connectivity index (χ0v) is 20.2. The van der Waals surface area contributed by atoms with Crippen LogP contribution in [0.3, 0.4) is 0 Å². The summed E-state index contributed by atoms with van der Waals surface area (Å²) in [5.74, 6) is 0.662. The summed E-state index contributed by atoms with van der Waals surface area (Å²) in [4.78, 5) is 28.2. The Labute approximate surface area is 189 Å². The number of hydrogen-bond donors (Lipinski definition) is 0. The Bertz CT molecular complexity index is 680. The van der Waals surface area contributed by atoms with Gasteiger partial charge in [-0.2, -0.15) is 0 Å². The predicted octanol–water partition coefficient (Wildman–Crippen LogP) is 4.69. The van der Waals surface area contributed by atoms with Gasteiger partial charge in [0.1, 0.15) is 0 Å². The number of hydrogen-bond acceptors (Lipinski definition) is 3. The normalized spacial score (nSPS) is 21.5. The topological polar surface area (TPSA) is 49.9 Å². The van der Waals surface area contributed by atoms with Crippen molar-refractivity contribution in [2.75, 3.05) is 20.7 Å². The minimum atomic E-state index is -0.270. The van der Waals surface area contributed by atoms with E-state index in [1.54, 1.807) is 12.0 Å². The Morgan fingerprint density at radius 1 is 1.29 bits per heavy atom. The van der Waals surface area contributed by atoms with Gasteiger partial charge in [0.05, 0.1) is 11.6 Å². The number of amides is 2. The standard InChI is InChI=1S/C26H42N2O3/c1-6-11-23(27(4)20-29)14-15-25(30)28-17-10-16-26(28,3)24(31-5)19-21(2)18-22-12-8-7-9-13-22/h7-9,12-13,20-21,23-24H,6,10-11,14-19H2,1-5H3/t21-,23+,24?,26+/m1/s1. The molecule has 0 bridgehead atoms. The van der Waals surface area contributed by atoms with E-state index in [4.69, 9.17) is 4.74 Å². The molecule has 1 heterocycles. The largest absolute Gasteiger partial charge is 0.379 e. The Morgan fingerprint density at radius 2 is 2.00 bits per heavy atom. The molecule has 0 spiro atoms.